The van der Waals surface area contributed by atoms with Crippen LogP contribution in [0.1, 0.15) is 35.2 Å². The molecule has 0 saturated heterocycles. The highest BCUT2D eigenvalue weighted by Crippen LogP contribution is 2.40. The van der Waals surface area contributed by atoms with E-state index in [4.69, 9.17) is 10.8 Å². The van der Waals surface area contributed by atoms with Crippen LogP contribution in [0.25, 0.3) is 39.3 Å². The van der Waals surface area contributed by atoms with Gasteiger partial charge >= 0.3 is 0 Å². The Kier molecular flexibility index (Phi) is 5.04. The molecule has 1 saturated carbocycles. The molecule has 2 N–H and O–H groups in total. The van der Waals surface area contributed by atoms with E-state index in [0.29, 0.717) is 23.2 Å². The molecule has 0 amide bonds. The van der Waals surface area contributed by atoms with Crippen LogP contribution in [0.4, 0.5) is 4.39 Å². The van der Waals surface area contributed by atoms with Gasteiger partial charge in [0.25, 0.3) is 0 Å². The molecule has 172 valence electrons. The molecule has 0 atom stereocenters. The summed E-state index contributed by atoms with van der Waals surface area (Å²) in [7, 11) is 0. The maximum Gasteiger partial charge on any atom is 0.154 e. The Labute approximate surface area is 202 Å². The fourth-order valence-corrected chi connectivity index (χ4v) is 4.76. The van der Waals surface area contributed by atoms with Crippen LogP contribution in [0.2, 0.25) is 0 Å². The first kappa shape index (κ1) is 21.4. The summed E-state index contributed by atoms with van der Waals surface area (Å²) < 4.78 is 15.7. The number of aldehydes is 1. The highest BCUT2D eigenvalue weighted by molar-refractivity contribution is 5.84. The van der Waals surface area contributed by atoms with Crippen molar-refractivity contribution in [2.45, 2.75) is 24.8 Å². The van der Waals surface area contributed by atoms with Crippen molar-refractivity contribution in [3.05, 3.63) is 102 Å². The van der Waals surface area contributed by atoms with Crippen molar-refractivity contribution in [2.24, 2.45) is 5.73 Å². The Bertz CT molecular complexity index is 1550. The maximum absolute atomic E-state index is 13.9. The normalized spacial score (nSPS) is 14.6. The Morgan fingerprint density at radius 2 is 1.66 bits per heavy atom. The van der Waals surface area contributed by atoms with Crippen molar-refractivity contribution in [3.63, 3.8) is 0 Å². The molecule has 0 unspecified atom stereocenters. The number of aromatic nitrogens is 3. The molecule has 1 aliphatic rings. The molecule has 5 nitrogen and oxygen atoms in total. The van der Waals surface area contributed by atoms with Gasteiger partial charge in [0.2, 0.25) is 0 Å². The van der Waals surface area contributed by atoms with Gasteiger partial charge in [-0.15, -0.1) is 0 Å². The lowest BCUT2D eigenvalue weighted by atomic mass is 9.72. The minimum atomic E-state index is -0.554. The number of carbonyl (C=O) groups is 1. The first-order chi connectivity index (χ1) is 17.1. The number of benzene rings is 3. The molecular formula is C29H23FN4O. The van der Waals surface area contributed by atoms with Crippen molar-refractivity contribution < 1.29 is 9.18 Å². The summed E-state index contributed by atoms with van der Waals surface area (Å²) in [5.41, 5.74) is 13.2. The first-order valence-electron chi connectivity index (χ1n) is 11.6. The van der Waals surface area contributed by atoms with Crippen LogP contribution in [-0.2, 0) is 5.54 Å². The predicted molar refractivity (Wildman–Crippen MR) is 134 cm³/mol. The number of nitrogens with zero attached hydrogens (tertiary/aromatic N) is 3. The molecule has 6 heteroatoms. The Morgan fingerprint density at radius 3 is 2.34 bits per heavy atom. The van der Waals surface area contributed by atoms with E-state index in [1.54, 1.807) is 16.8 Å². The average Bonchev–Trinajstić information content (AvgIpc) is 3.30. The molecule has 3 aromatic carbocycles. The van der Waals surface area contributed by atoms with Crippen LogP contribution < -0.4 is 5.73 Å². The maximum atomic E-state index is 13.9. The Morgan fingerprint density at radius 1 is 0.914 bits per heavy atom. The van der Waals surface area contributed by atoms with Gasteiger partial charge in [0.05, 0.1) is 23.1 Å². The molecule has 6 rings (SSSR count). The van der Waals surface area contributed by atoms with E-state index in [1.807, 2.05) is 24.3 Å². The van der Waals surface area contributed by atoms with E-state index >= 15 is 0 Å². The van der Waals surface area contributed by atoms with Crippen molar-refractivity contribution >= 4 is 11.9 Å². The lowest BCUT2D eigenvalue weighted by molar-refractivity contribution is 0.112. The van der Waals surface area contributed by atoms with Crippen LogP contribution in [0.3, 0.4) is 0 Å². The Hall–Kier alpha value is -4.16. The number of rotatable bonds is 5. The topological polar surface area (TPSA) is 73.3 Å². The molecule has 5 aromatic rings. The van der Waals surface area contributed by atoms with Crippen LogP contribution in [0.5, 0.6) is 0 Å². The van der Waals surface area contributed by atoms with E-state index in [-0.39, 0.29) is 11.1 Å². The number of hydrogen-bond donors (Lipinski definition) is 1. The van der Waals surface area contributed by atoms with Gasteiger partial charge < -0.3 is 5.73 Å². The minimum absolute atomic E-state index is 0.000811. The summed E-state index contributed by atoms with van der Waals surface area (Å²) in [5, 5.41) is 5.00. The molecule has 1 aliphatic carbocycles. The molecule has 2 heterocycles. The number of halogens is 1. The van der Waals surface area contributed by atoms with Gasteiger partial charge in [-0.25, -0.2) is 13.9 Å². The number of fused-ring (bicyclic) bond motifs is 1. The summed E-state index contributed by atoms with van der Waals surface area (Å²) >= 11 is 0. The highest BCUT2D eigenvalue weighted by Gasteiger charge is 2.34. The van der Waals surface area contributed by atoms with Crippen LogP contribution in [0.15, 0.2) is 85.1 Å². The third-order valence-electron chi connectivity index (χ3n) is 6.98. The van der Waals surface area contributed by atoms with Gasteiger partial charge in [-0.3, -0.25) is 4.79 Å². The molecule has 0 spiro atoms. The largest absolute Gasteiger partial charge is 0.321 e. The zero-order valence-electron chi connectivity index (χ0n) is 19.0. The van der Waals surface area contributed by atoms with Crippen LogP contribution in [0, 0.1) is 5.82 Å². The molecule has 0 radical (unpaired) electrons. The van der Waals surface area contributed by atoms with Crippen molar-refractivity contribution in [1.29, 1.82) is 0 Å². The van der Waals surface area contributed by atoms with Crippen molar-refractivity contribution in [3.8, 4) is 33.6 Å². The van der Waals surface area contributed by atoms with Gasteiger partial charge in [-0.1, -0.05) is 54.6 Å². The van der Waals surface area contributed by atoms with Gasteiger partial charge in [-0.2, -0.15) is 5.10 Å². The predicted octanol–water partition coefficient (Wildman–Crippen LogP) is 6.02. The van der Waals surface area contributed by atoms with E-state index in [2.05, 4.69) is 41.4 Å². The fourth-order valence-electron chi connectivity index (χ4n) is 4.76. The van der Waals surface area contributed by atoms with Gasteiger partial charge in [-0.05, 0) is 54.7 Å². The fraction of sp³-hybridized carbons (Fsp3) is 0.138. The van der Waals surface area contributed by atoms with Gasteiger partial charge in [0.15, 0.2) is 11.9 Å². The second-order valence-corrected chi connectivity index (χ2v) is 9.13. The minimum Gasteiger partial charge on any atom is -0.321 e. The quantitative estimate of drug-likeness (QED) is 0.324. The number of imidazole rings is 1. The zero-order chi connectivity index (χ0) is 24.0. The SMILES string of the molecule is NC1(c2ccc(-c3nn4c(-c5ccc(F)c(C=O)c5)cnc4cc3-c3ccccc3)cc2)CCC1. The molecule has 0 bridgehead atoms. The lowest BCUT2D eigenvalue weighted by Crippen LogP contribution is -2.43. The van der Waals surface area contributed by atoms with Crippen LogP contribution >= 0.6 is 0 Å². The third kappa shape index (κ3) is 3.63. The lowest BCUT2D eigenvalue weighted by Gasteiger charge is -2.38. The first-order valence-corrected chi connectivity index (χ1v) is 11.6. The summed E-state index contributed by atoms with van der Waals surface area (Å²) in [6, 6.07) is 24.9. The van der Waals surface area contributed by atoms with E-state index in [1.165, 1.54) is 12.1 Å². The Balaban J connectivity index is 1.53. The zero-order valence-corrected chi connectivity index (χ0v) is 19.0. The number of hydrogen-bond acceptors (Lipinski definition) is 4. The number of carbonyl (C=O) groups excluding carboxylic acids is 1. The molecule has 1 fully saturated rings. The average molecular weight is 463 g/mol. The molecular weight excluding hydrogens is 439 g/mol. The smallest absolute Gasteiger partial charge is 0.154 e. The summed E-state index contributed by atoms with van der Waals surface area (Å²) in [6.07, 6.45) is 5.38. The highest BCUT2D eigenvalue weighted by atomic mass is 19.1. The van der Waals surface area contributed by atoms with E-state index < -0.39 is 5.82 Å². The monoisotopic (exact) mass is 462 g/mol. The molecule has 2 aromatic heterocycles. The summed E-state index contributed by atoms with van der Waals surface area (Å²) in [4.78, 5) is 15.9. The summed E-state index contributed by atoms with van der Waals surface area (Å²) in [5.74, 6) is -0.554. The van der Waals surface area contributed by atoms with Crippen molar-refractivity contribution in [1.82, 2.24) is 14.6 Å². The van der Waals surface area contributed by atoms with Gasteiger partial charge in [0.1, 0.15) is 5.82 Å². The van der Waals surface area contributed by atoms with E-state index in [0.717, 1.165) is 47.2 Å². The third-order valence-corrected chi connectivity index (χ3v) is 6.98. The van der Waals surface area contributed by atoms with Crippen molar-refractivity contribution in [2.75, 3.05) is 0 Å². The second-order valence-electron chi connectivity index (χ2n) is 9.13. The molecule has 35 heavy (non-hydrogen) atoms. The van der Waals surface area contributed by atoms with E-state index in [9.17, 15) is 9.18 Å². The molecule has 0 aliphatic heterocycles. The summed E-state index contributed by atoms with van der Waals surface area (Å²) in [6.45, 7) is 0. The van der Waals surface area contributed by atoms with Gasteiger partial charge in [0, 0.05) is 22.2 Å². The standard InChI is InChI=1S/C29H23FN4O/c30-25-12-9-21(15-22(25)18-35)26-17-32-27-16-24(19-5-2-1-3-6-19)28(33-34(26)27)20-7-10-23(11-8-20)29(31)13-4-14-29/h1-3,5-12,15-18H,4,13-14,31H2. The second kappa shape index (κ2) is 8.25. The number of nitrogens with two attached hydrogens (primary N) is 1. The van der Waals surface area contributed by atoms with Crippen LogP contribution in [-0.4, -0.2) is 20.9 Å².